The van der Waals surface area contributed by atoms with Crippen molar-refractivity contribution in [3.8, 4) is 11.5 Å². The van der Waals surface area contributed by atoms with Gasteiger partial charge in [0.1, 0.15) is 18.2 Å². The van der Waals surface area contributed by atoms with Crippen molar-refractivity contribution in [1.29, 1.82) is 0 Å². The van der Waals surface area contributed by atoms with Gasteiger partial charge in [-0.1, -0.05) is 12.1 Å². The smallest absolute Gasteiger partial charge is 0.161 e. The van der Waals surface area contributed by atoms with Crippen LogP contribution in [0.4, 0.5) is 8.78 Å². The highest BCUT2D eigenvalue weighted by atomic mass is 19.1. The SMILES string of the molecule is Oc1cc(F)ccc1OCc1ccc(F)cc1. The molecule has 0 bridgehead atoms. The van der Waals surface area contributed by atoms with Crippen molar-refractivity contribution in [3.63, 3.8) is 0 Å². The maximum atomic E-state index is 12.7. The highest BCUT2D eigenvalue weighted by molar-refractivity contribution is 5.38. The Labute approximate surface area is 97.1 Å². The molecule has 2 nitrogen and oxygen atoms in total. The van der Waals surface area contributed by atoms with Gasteiger partial charge in [0.15, 0.2) is 11.5 Å². The molecule has 0 saturated carbocycles. The molecule has 0 saturated heterocycles. The summed E-state index contributed by atoms with van der Waals surface area (Å²) in [7, 11) is 0. The van der Waals surface area contributed by atoms with E-state index < -0.39 is 5.82 Å². The van der Waals surface area contributed by atoms with Gasteiger partial charge in [-0.15, -0.1) is 0 Å². The van der Waals surface area contributed by atoms with Crippen LogP contribution in [0.25, 0.3) is 0 Å². The molecule has 0 aliphatic carbocycles. The number of ether oxygens (including phenoxy) is 1. The average molecular weight is 236 g/mol. The molecule has 0 unspecified atom stereocenters. The van der Waals surface area contributed by atoms with Crippen LogP contribution in [0, 0.1) is 11.6 Å². The van der Waals surface area contributed by atoms with Gasteiger partial charge in [0.25, 0.3) is 0 Å². The molecule has 2 rings (SSSR count). The standard InChI is InChI=1S/C13H10F2O2/c14-10-3-1-9(2-4-10)8-17-13-6-5-11(15)7-12(13)16/h1-7,16H,8H2. The first-order chi connectivity index (χ1) is 8.15. The Hall–Kier alpha value is -2.10. The summed E-state index contributed by atoms with van der Waals surface area (Å²) in [5.41, 5.74) is 0.759. The minimum Gasteiger partial charge on any atom is -0.504 e. The van der Waals surface area contributed by atoms with Gasteiger partial charge in [-0.2, -0.15) is 0 Å². The molecule has 0 radical (unpaired) electrons. The van der Waals surface area contributed by atoms with Crippen LogP contribution in [0.1, 0.15) is 5.56 Å². The number of benzene rings is 2. The van der Waals surface area contributed by atoms with Crippen molar-refractivity contribution in [3.05, 3.63) is 59.7 Å². The quantitative estimate of drug-likeness (QED) is 0.886. The second-order valence-corrected chi connectivity index (χ2v) is 3.53. The number of rotatable bonds is 3. The Balaban J connectivity index is 2.04. The molecule has 0 spiro atoms. The van der Waals surface area contributed by atoms with Crippen molar-refractivity contribution < 1.29 is 18.6 Å². The first-order valence-electron chi connectivity index (χ1n) is 5.01. The van der Waals surface area contributed by atoms with Crippen molar-refractivity contribution in [1.82, 2.24) is 0 Å². The van der Waals surface area contributed by atoms with Crippen molar-refractivity contribution >= 4 is 0 Å². The Kier molecular flexibility index (Phi) is 3.23. The molecule has 0 aromatic heterocycles. The first-order valence-corrected chi connectivity index (χ1v) is 5.01. The van der Waals surface area contributed by atoms with Crippen LogP contribution < -0.4 is 4.74 Å². The maximum Gasteiger partial charge on any atom is 0.161 e. The number of phenols is 1. The third-order valence-corrected chi connectivity index (χ3v) is 2.23. The van der Waals surface area contributed by atoms with Crippen LogP contribution in [-0.2, 0) is 6.61 Å². The Morgan fingerprint density at radius 3 is 2.24 bits per heavy atom. The van der Waals surface area contributed by atoms with E-state index in [2.05, 4.69) is 0 Å². The van der Waals surface area contributed by atoms with Crippen molar-refractivity contribution in [2.75, 3.05) is 0 Å². The summed E-state index contributed by atoms with van der Waals surface area (Å²) in [5.74, 6) is -0.919. The van der Waals surface area contributed by atoms with Crippen molar-refractivity contribution in [2.45, 2.75) is 6.61 Å². The number of phenolic OH excluding ortho intramolecular Hbond substituents is 1. The zero-order valence-electron chi connectivity index (χ0n) is 8.86. The van der Waals surface area contributed by atoms with Crippen LogP contribution in [0.15, 0.2) is 42.5 Å². The molecule has 0 aliphatic rings. The van der Waals surface area contributed by atoms with Gasteiger partial charge < -0.3 is 9.84 Å². The van der Waals surface area contributed by atoms with E-state index in [1.165, 1.54) is 24.3 Å². The second kappa shape index (κ2) is 4.82. The van der Waals surface area contributed by atoms with Gasteiger partial charge in [0.2, 0.25) is 0 Å². The molecule has 1 N–H and O–H groups in total. The monoisotopic (exact) mass is 236 g/mol. The number of hydrogen-bond donors (Lipinski definition) is 1. The molecule has 0 heterocycles. The fourth-order valence-electron chi connectivity index (χ4n) is 1.35. The summed E-state index contributed by atoms with van der Waals surface area (Å²) in [6, 6.07) is 9.31. The minimum atomic E-state index is -0.531. The lowest BCUT2D eigenvalue weighted by atomic mass is 10.2. The molecule has 88 valence electrons. The number of halogens is 2. The van der Waals surface area contributed by atoms with Gasteiger partial charge >= 0.3 is 0 Å². The summed E-state index contributed by atoms with van der Waals surface area (Å²) < 4.78 is 30.6. The predicted octanol–water partition coefficient (Wildman–Crippen LogP) is 3.25. The van der Waals surface area contributed by atoms with Crippen LogP contribution >= 0.6 is 0 Å². The van der Waals surface area contributed by atoms with Gasteiger partial charge in [-0.05, 0) is 29.8 Å². The lowest BCUT2D eigenvalue weighted by molar-refractivity contribution is 0.288. The maximum absolute atomic E-state index is 12.7. The van der Waals surface area contributed by atoms with Crippen LogP contribution in [-0.4, -0.2) is 5.11 Å². The van der Waals surface area contributed by atoms with Crippen LogP contribution in [0.2, 0.25) is 0 Å². The van der Waals surface area contributed by atoms with E-state index in [9.17, 15) is 13.9 Å². The minimum absolute atomic E-state index is 0.180. The number of hydrogen-bond acceptors (Lipinski definition) is 2. The second-order valence-electron chi connectivity index (χ2n) is 3.53. The van der Waals surface area contributed by atoms with Crippen molar-refractivity contribution in [2.24, 2.45) is 0 Å². The summed E-state index contributed by atoms with van der Waals surface area (Å²) in [6.45, 7) is 0.180. The highest BCUT2D eigenvalue weighted by Crippen LogP contribution is 2.26. The topological polar surface area (TPSA) is 29.5 Å². The Morgan fingerprint density at radius 2 is 1.59 bits per heavy atom. The molecule has 0 aliphatic heterocycles. The highest BCUT2D eigenvalue weighted by Gasteiger charge is 2.04. The van der Waals surface area contributed by atoms with E-state index in [0.29, 0.717) is 0 Å². The van der Waals surface area contributed by atoms with E-state index in [1.807, 2.05) is 0 Å². The van der Waals surface area contributed by atoms with E-state index in [4.69, 9.17) is 4.74 Å². The molecule has 2 aromatic carbocycles. The average Bonchev–Trinajstić information content (AvgIpc) is 2.30. The molecular weight excluding hydrogens is 226 g/mol. The summed E-state index contributed by atoms with van der Waals surface area (Å²) in [4.78, 5) is 0. The number of aromatic hydroxyl groups is 1. The van der Waals surface area contributed by atoms with Gasteiger partial charge in [0, 0.05) is 6.07 Å². The Morgan fingerprint density at radius 1 is 0.941 bits per heavy atom. The van der Waals surface area contributed by atoms with Crippen LogP contribution in [0.3, 0.4) is 0 Å². The Bertz CT molecular complexity index is 509. The van der Waals surface area contributed by atoms with E-state index in [1.54, 1.807) is 12.1 Å². The largest absolute Gasteiger partial charge is 0.504 e. The van der Waals surface area contributed by atoms with E-state index in [-0.39, 0.29) is 23.9 Å². The van der Waals surface area contributed by atoms with Gasteiger partial charge in [0.05, 0.1) is 0 Å². The molecule has 0 amide bonds. The normalized spacial score (nSPS) is 10.2. The summed E-state index contributed by atoms with van der Waals surface area (Å²) in [5, 5.41) is 9.39. The van der Waals surface area contributed by atoms with E-state index in [0.717, 1.165) is 11.6 Å². The third kappa shape index (κ3) is 2.93. The fraction of sp³-hybridized carbons (Fsp3) is 0.0769. The van der Waals surface area contributed by atoms with Crippen LogP contribution in [0.5, 0.6) is 11.5 Å². The van der Waals surface area contributed by atoms with E-state index >= 15 is 0 Å². The lowest BCUT2D eigenvalue weighted by Gasteiger charge is -2.07. The summed E-state index contributed by atoms with van der Waals surface area (Å²) in [6.07, 6.45) is 0. The zero-order chi connectivity index (χ0) is 12.3. The van der Waals surface area contributed by atoms with Gasteiger partial charge in [-0.25, -0.2) is 8.78 Å². The molecule has 4 heteroatoms. The third-order valence-electron chi connectivity index (χ3n) is 2.23. The molecule has 0 atom stereocenters. The zero-order valence-corrected chi connectivity index (χ0v) is 8.86. The fourth-order valence-corrected chi connectivity index (χ4v) is 1.35. The molecule has 0 fully saturated rings. The first kappa shape index (κ1) is 11.4. The molecule has 17 heavy (non-hydrogen) atoms. The van der Waals surface area contributed by atoms with Gasteiger partial charge in [-0.3, -0.25) is 0 Å². The molecular formula is C13H10F2O2. The summed E-state index contributed by atoms with van der Waals surface area (Å²) >= 11 is 0. The molecule has 2 aromatic rings. The predicted molar refractivity (Wildman–Crippen MR) is 58.8 cm³/mol. The lowest BCUT2D eigenvalue weighted by Crippen LogP contribution is -1.95.